The van der Waals surface area contributed by atoms with Crippen LogP contribution in [0.5, 0.6) is 11.5 Å². The summed E-state index contributed by atoms with van der Waals surface area (Å²) in [5.41, 5.74) is 4.69. The number of hydrogen-bond donors (Lipinski definition) is 2. The van der Waals surface area contributed by atoms with Gasteiger partial charge in [-0.15, -0.1) is 0 Å². The largest absolute Gasteiger partial charge is 0.507 e. The fourth-order valence-electron chi connectivity index (χ4n) is 3.28. The van der Waals surface area contributed by atoms with Gasteiger partial charge in [-0.25, -0.2) is 0 Å². The summed E-state index contributed by atoms with van der Waals surface area (Å²) in [5.74, 6) is 0.444. The molecule has 0 bridgehead atoms. The van der Waals surface area contributed by atoms with Crippen molar-refractivity contribution in [2.45, 2.75) is 22.6 Å². The van der Waals surface area contributed by atoms with Crippen LogP contribution in [0.3, 0.4) is 0 Å². The summed E-state index contributed by atoms with van der Waals surface area (Å²) >= 11 is 1.39. The summed E-state index contributed by atoms with van der Waals surface area (Å²) in [6.45, 7) is 0. The van der Waals surface area contributed by atoms with Crippen LogP contribution in [0.4, 0.5) is 0 Å². The maximum Gasteiger partial charge on any atom is 0.129 e. The van der Waals surface area contributed by atoms with Gasteiger partial charge >= 0.3 is 0 Å². The van der Waals surface area contributed by atoms with Crippen LogP contribution in [0.2, 0.25) is 0 Å². The zero-order valence-electron chi connectivity index (χ0n) is 16.0. The molecule has 4 aromatic carbocycles. The molecule has 0 saturated heterocycles. The third kappa shape index (κ3) is 5.01. The molecule has 0 aromatic heterocycles. The molecule has 0 unspecified atom stereocenters. The third-order valence-electron chi connectivity index (χ3n) is 4.77. The summed E-state index contributed by atoms with van der Waals surface area (Å²) in [5, 5.41) is 20.7. The van der Waals surface area contributed by atoms with Gasteiger partial charge in [0.1, 0.15) is 11.5 Å². The van der Waals surface area contributed by atoms with Crippen molar-refractivity contribution in [3.8, 4) is 11.5 Å². The van der Waals surface area contributed by atoms with Gasteiger partial charge in [-0.2, -0.15) is 0 Å². The number of phenols is 2. The molecule has 0 aliphatic carbocycles. The van der Waals surface area contributed by atoms with E-state index in [1.54, 1.807) is 12.1 Å². The van der Waals surface area contributed by atoms with Gasteiger partial charge in [-0.05, 0) is 59.4 Å². The first kappa shape index (κ1) is 19.2. The highest BCUT2D eigenvalue weighted by molar-refractivity contribution is 7.99. The van der Waals surface area contributed by atoms with Crippen LogP contribution in [0, 0.1) is 0 Å². The van der Waals surface area contributed by atoms with Crippen LogP contribution in [-0.4, -0.2) is 10.2 Å². The van der Waals surface area contributed by atoms with Crippen molar-refractivity contribution in [2.75, 3.05) is 0 Å². The fourth-order valence-corrected chi connectivity index (χ4v) is 4.28. The highest BCUT2D eigenvalue weighted by Crippen LogP contribution is 2.40. The molecular weight excluding hydrogens is 376 g/mol. The Bertz CT molecular complexity index is 1000. The van der Waals surface area contributed by atoms with E-state index in [2.05, 4.69) is 24.3 Å². The molecule has 4 rings (SSSR count). The molecule has 0 amide bonds. The molecule has 4 aromatic rings. The second-order valence-electron chi connectivity index (χ2n) is 7.03. The molecule has 0 heterocycles. The van der Waals surface area contributed by atoms with E-state index >= 15 is 0 Å². The molecule has 0 saturated carbocycles. The summed E-state index contributed by atoms with van der Waals surface area (Å²) in [4.78, 5) is 1.48. The van der Waals surface area contributed by atoms with Crippen molar-refractivity contribution in [1.29, 1.82) is 0 Å². The van der Waals surface area contributed by atoms with Crippen LogP contribution in [0.15, 0.2) is 107 Å². The monoisotopic (exact) mass is 398 g/mol. The smallest absolute Gasteiger partial charge is 0.129 e. The molecular formula is C26H22O2S. The first-order chi connectivity index (χ1) is 14.2. The lowest BCUT2D eigenvalue weighted by Crippen LogP contribution is -1.90. The first-order valence-electron chi connectivity index (χ1n) is 9.57. The van der Waals surface area contributed by atoms with Crippen LogP contribution < -0.4 is 0 Å². The summed E-state index contributed by atoms with van der Waals surface area (Å²) < 4.78 is 0. The molecule has 0 aliphatic heterocycles. The molecule has 0 aliphatic rings. The summed E-state index contributed by atoms with van der Waals surface area (Å²) in [6.07, 6.45) is 1.60. The Morgan fingerprint density at radius 3 is 1.31 bits per heavy atom. The molecule has 3 heteroatoms. The van der Waals surface area contributed by atoms with Gasteiger partial charge in [0.15, 0.2) is 0 Å². The van der Waals surface area contributed by atoms with E-state index in [0.29, 0.717) is 0 Å². The molecule has 2 nitrogen and oxygen atoms in total. The van der Waals surface area contributed by atoms with Crippen molar-refractivity contribution < 1.29 is 10.2 Å². The lowest BCUT2D eigenvalue weighted by Gasteiger charge is -2.11. The minimum atomic E-state index is 0.222. The second-order valence-corrected chi connectivity index (χ2v) is 8.11. The molecule has 2 N–H and O–H groups in total. The van der Waals surface area contributed by atoms with E-state index in [1.165, 1.54) is 22.9 Å². The van der Waals surface area contributed by atoms with Crippen LogP contribution in [-0.2, 0) is 12.8 Å². The Balaban J connectivity index is 1.57. The zero-order valence-corrected chi connectivity index (χ0v) is 16.8. The Morgan fingerprint density at radius 1 is 0.483 bits per heavy atom. The first-order valence-corrected chi connectivity index (χ1v) is 10.4. The zero-order chi connectivity index (χ0) is 20.1. The van der Waals surface area contributed by atoms with Gasteiger partial charge in [-0.3, -0.25) is 0 Å². The SMILES string of the molecule is Oc1ccc(Cc2ccccc2)cc1Sc1cc(Cc2ccccc2)ccc1O. The molecule has 0 radical (unpaired) electrons. The van der Waals surface area contributed by atoms with E-state index in [9.17, 15) is 10.2 Å². The quantitative estimate of drug-likeness (QED) is 0.393. The lowest BCUT2D eigenvalue weighted by atomic mass is 10.1. The van der Waals surface area contributed by atoms with E-state index in [-0.39, 0.29) is 11.5 Å². The van der Waals surface area contributed by atoms with E-state index in [1.807, 2.05) is 60.7 Å². The normalized spacial score (nSPS) is 10.8. The molecule has 29 heavy (non-hydrogen) atoms. The van der Waals surface area contributed by atoms with Crippen molar-refractivity contribution in [3.05, 3.63) is 119 Å². The van der Waals surface area contributed by atoms with Crippen molar-refractivity contribution in [2.24, 2.45) is 0 Å². The van der Waals surface area contributed by atoms with Gasteiger partial charge in [0.05, 0.1) is 9.79 Å². The fraction of sp³-hybridized carbons (Fsp3) is 0.0769. The average molecular weight is 399 g/mol. The van der Waals surface area contributed by atoms with Crippen LogP contribution >= 0.6 is 11.8 Å². The Labute approximate surface area is 175 Å². The average Bonchev–Trinajstić information content (AvgIpc) is 2.74. The predicted octanol–water partition coefficient (Wildman–Crippen LogP) is 6.43. The van der Waals surface area contributed by atoms with Crippen molar-refractivity contribution in [3.63, 3.8) is 0 Å². The number of hydrogen-bond acceptors (Lipinski definition) is 3. The lowest BCUT2D eigenvalue weighted by molar-refractivity contribution is 0.459. The maximum atomic E-state index is 10.4. The maximum absolute atomic E-state index is 10.4. The predicted molar refractivity (Wildman–Crippen MR) is 119 cm³/mol. The Hall–Kier alpha value is -3.17. The minimum Gasteiger partial charge on any atom is -0.507 e. The highest BCUT2D eigenvalue weighted by Gasteiger charge is 2.10. The number of aromatic hydroxyl groups is 2. The minimum absolute atomic E-state index is 0.222. The standard InChI is InChI=1S/C26H22O2S/c27-23-13-11-21(15-19-7-3-1-4-8-19)17-25(23)29-26-18-22(12-14-24(26)28)16-20-9-5-2-6-10-20/h1-14,17-18,27-28H,15-16H2. The molecule has 0 atom stereocenters. The van der Waals surface area contributed by atoms with Gasteiger partial charge in [0, 0.05) is 0 Å². The topological polar surface area (TPSA) is 40.5 Å². The summed E-state index contributed by atoms with van der Waals surface area (Å²) in [6, 6.07) is 31.8. The molecule has 0 fully saturated rings. The van der Waals surface area contributed by atoms with E-state index in [4.69, 9.17) is 0 Å². The Morgan fingerprint density at radius 2 is 0.897 bits per heavy atom. The van der Waals surface area contributed by atoms with E-state index < -0.39 is 0 Å². The number of benzene rings is 4. The van der Waals surface area contributed by atoms with E-state index in [0.717, 1.165) is 33.8 Å². The van der Waals surface area contributed by atoms with Gasteiger partial charge in [0.2, 0.25) is 0 Å². The van der Waals surface area contributed by atoms with Gasteiger partial charge in [0.25, 0.3) is 0 Å². The molecule has 144 valence electrons. The highest BCUT2D eigenvalue weighted by atomic mass is 32.2. The number of phenolic OH excluding ortho intramolecular Hbond substituents is 2. The Kier molecular flexibility index (Phi) is 5.87. The van der Waals surface area contributed by atoms with Gasteiger partial charge in [-0.1, -0.05) is 84.6 Å². The number of rotatable bonds is 6. The van der Waals surface area contributed by atoms with Crippen LogP contribution in [0.25, 0.3) is 0 Å². The van der Waals surface area contributed by atoms with Gasteiger partial charge < -0.3 is 10.2 Å². The van der Waals surface area contributed by atoms with Crippen molar-refractivity contribution >= 4 is 11.8 Å². The van der Waals surface area contributed by atoms with Crippen LogP contribution in [0.1, 0.15) is 22.3 Å². The third-order valence-corrected chi connectivity index (χ3v) is 5.86. The summed E-state index contributed by atoms with van der Waals surface area (Å²) in [7, 11) is 0. The second kappa shape index (κ2) is 8.89. The molecule has 0 spiro atoms. The van der Waals surface area contributed by atoms with Crippen molar-refractivity contribution in [1.82, 2.24) is 0 Å².